The highest BCUT2D eigenvalue weighted by Crippen LogP contribution is 2.63. The van der Waals surface area contributed by atoms with Gasteiger partial charge < -0.3 is 4.89 Å². The summed E-state index contributed by atoms with van der Waals surface area (Å²) in [5, 5.41) is -0.298. The monoisotopic (exact) mass is 678 g/mol. The van der Waals surface area contributed by atoms with Gasteiger partial charge in [-0.1, -0.05) is 103 Å². The van der Waals surface area contributed by atoms with E-state index in [0.717, 1.165) is 22.3 Å². The van der Waals surface area contributed by atoms with Gasteiger partial charge in [-0.3, -0.25) is 18.7 Å². The standard InChI is InChI=1S/C40H40O6P2/c1-8-31-17-14-20-35(38(31)39(41)36-27(4)21-25(2)22-28(36)5)48(44,45)46-47(43,40(42)37-29(6)23-26(3)24-30(37)7)34-19-13-12-18-33(34)32-15-10-9-11-16-32/h9-24H,8H2,1-7H3,(H,44,45). The minimum Gasteiger partial charge on any atom is -0.321 e. The lowest BCUT2D eigenvalue weighted by atomic mass is 9.90. The molecule has 8 heteroatoms. The summed E-state index contributed by atoms with van der Waals surface area (Å²) in [4.78, 5) is 41.0. The molecule has 0 saturated carbocycles. The molecule has 1 N–H and O–H groups in total. The maximum atomic E-state index is 15.6. The zero-order valence-electron chi connectivity index (χ0n) is 28.3. The van der Waals surface area contributed by atoms with E-state index in [2.05, 4.69) is 0 Å². The van der Waals surface area contributed by atoms with Crippen molar-refractivity contribution in [3.8, 4) is 11.1 Å². The first-order chi connectivity index (χ1) is 22.7. The van der Waals surface area contributed by atoms with Gasteiger partial charge >= 0.3 is 15.0 Å². The highest BCUT2D eigenvalue weighted by molar-refractivity contribution is 7.88. The molecule has 0 radical (unpaired) electrons. The predicted molar refractivity (Wildman–Crippen MR) is 195 cm³/mol. The SMILES string of the molecule is CCc1cccc(P(=O)(O)OP(=O)(C(=O)c2c(C)cc(C)cc2C)c2ccccc2-c2ccccc2)c1C(=O)c1c(C)cc(C)cc1C. The van der Waals surface area contributed by atoms with Crippen LogP contribution in [0.15, 0.2) is 97.1 Å². The van der Waals surface area contributed by atoms with Crippen LogP contribution in [-0.2, 0) is 19.9 Å². The topological polar surface area (TPSA) is 97.7 Å². The predicted octanol–water partition coefficient (Wildman–Crippen LogP) is 9.27. The molecular formula is C40H40O6P2. The number of carbonyl (C=O) groups excluding carboxylic acids is 2. The zero-order chi connectivity index (χ0) is 35.0. The first-order valence-electron chi connectivity index (χ1n) is 15.9. The molecule has 246 valence electrons. The van der Waals surface area contributed by atoms with Gasteiger partial charge in [-0.05, 0) is 99.0 Å². The molecule has 0 heterocycles. The first kappa shape index (κ1) is 35.1. The lowest BCUT2D eigenvalue weighted by Gasteiger charge is -2.26. The quantitative estimate of drug-likeness (QED) is 0.117. The molecule has 2 unspecified atom stereocenters. The summed E-state index contributed by atoms with van der Waals surface area (Å²) < 4.78 is 36.3. The number of rotatable bonds is 10. The molecule has 5 rings (SSSR count). The first-order valence-corrected chi connectivity index (χ1v) is 19.1. The Morgan fingerprint density at radius 3 is 1.69 bits per heavy atom. The molecule has 0 aromatic heterocycles. The van der Waals surface area contributed by atoms with Crippen molar-refractivity contribution in [3.05, 3.63) is 153 Å². The lowest BCUT2D eigenvalue weighted by molar-refractivity contribution is 0.103. The second kappa shape index (κ2) is 13.7. The third-order valence-corrected chi connectivity index (χ3v) is 13.2. The van der Waals surface area contributed by atoms with E-state index in [-0.39, 0.29) is 21.7 Å². The zero-order valence-corrected chi connectivity index (χ0v) is 30.1. The van der Waals surface area contributed by atoms with Crippen molar-refractivity contribution in [2.24, 2.45) is 0 Å². The maximum absolute atomic E-state index is 15.6. The van der Waals surface area contributed by atoms with Gasteiger partial charge in [0.2, 0.25) is 0 Å². The van der Waals surface area contributed by atoms with Crippen LogP contribution in [0.2, 0.25) is 0 Å². The number of benzene rings is 5. The van der Waals surface area contributed by atoms with Crippen LogP contribution in [0.5, 0.6) is 0 Å². The van der Waals surface area contributed by atoms with Crippen LogP contribution in [0, 0.1) is 41.5 Å². The Bertz CT molecular complexity index is 2120. The molecule has 0 aliphatic rings. The Kier molecular flexibility index (Phi) is 10.1. The molecule has 0 aliphatic carbocycles. The minimum atomic E-state index is -5.15. The van der Waals surface area contributed by atoms with Gasteiger partial charge in [-0.2, -0.15) is 0 Å². The largest absolute Gasteiger partial charge is 0.365 e. The van der Waals surface area contributed by atoms with E-state index >= 15 is 4.57 Å². The summed E-state index contributed by atoms with van der Waals surface area (Å²) in [6.45, 7) is 12.8. The van der Waals surface area contributed by atoms with Gasteiger partial charge in [-0.15, -0.1) is 0 Å². The summed E-state index contributed by atoms with van der Waals surface area (Å²) >= 11 is 0. The summed E-state index contributed by atoms with van der Waals surface area (Å²) in [5.74, 6) is -0.439. The van der Waals surface area contributed by atoms with Gasteiger partial charge in [0.1, 0.15) is 0 Å². The van der Waals surface area contributed by atoms with Crippen LogP contribution in [-0.4, -0.2) is 16.2 Å². The summed E-state index contributed by atoms with van der Waals surface area (Å²) in [7, 11) is -10.0. The fourth-order valence-corrected chi connectivity index (χ4v) is 11.4. The van der Waals surface area contributed by atoms with Crippen LogP contribution in [0.3, 0.4) is 0 Å². The van der Waals surface area contributed by atoms with E-state index in [1.54, 1.807) is 56.3 Å². The average molecular weight is 679 g/mol. The fourth-order valence-electron chi connectivity index (χ4n) is 6.69. The van der Waals surface area contributed by atoms with Gasteiger partial charge in [0.05, 0.1) is 10.6 Å². The van der Waals surface area contributed by atoms with E-state index < -0.39 is 26.3 Å². The fraction of sp³-hybridized carbons (Fsp3) is 0.200. The number of carbonyl (C=O) groups is 2. The van der Waals surface area contributed by atoms with Crippen molar-refractivity contribution in [2.75, 3.05) is 0 Å². The normalized spacial score (nSPS) is 13.8. The third kappa shape index (κ3) is 6.59. The molecule has 0 fully saturated rings. The maximum Gasteiger partial charge on any atom is 0.365 e. The molecule has 0 aliphatic heterocycles. The van der Waals surface area contributed by atoms with Crippen LogP contribution < -0.4 is 10.6 Å². The smallest absolute Gasteiger partial charge is 0.321 e. The second-order valence-corrected chi connectivity index (χ2v) is 16.6. The molecule has 0 amide bonds. The Morgan fingerprint density at radius 1 is 0.625 bits per heavy atom. The Morgan fingerprint density at radius 2 is 1.12 bits per heavy atom. The molecule has 5 aromatic rings. The number of ketones is 1. The number of hydrogen-bond acceptors (Lipinski definition) is 5. The van der Waals surface area contributed by atoms with Crippen LogP contribution in [0.25, 0.3) is 11.1 Å². The lowest BCUT2D eigenvalue weighted by Crippen LogP contribution is -2.24. The minimum absolute atomic E-state index is 0.000374. The van der Waals surface area contributed by atoms with Crippen molar-refractivity contribution in [2.45, 2.75) is 54.9 Å². The molecule has 48 heavy (non-hydrogen) atoms. The summed E-state index contributed by atoms with van der Waals surface area (Å²) in [5.41, 5.74) is 5.82. The second-order valence-electron chi connectivity index (χ2n) is 12.4. The average Bonchev–Trinajstić information content (AvgIpc) is 3.03. The van der Waals surface area contributed by atoms with Crippen LogP contribution in [0.4, 0.5) is 0 Å². The highest BCUT2D eigenvalue weighted by atomic mass is 31.3. The summed E-state index contributed by atoms with van der Waals surface area (Å²) in [6.07, 6.45) is 0.383. The van der Waals surface area contributed by atoms with Crippen molar-refractivity contribution < 1.29 is 27.9 Å². The molecule has 2 atom stereocenters. The van der Waals surface area contributed by atoms with Crippen LogP contribution in [0.1, 0.15) is 72.1 Å². The molecular weight excluding hydrogens is 638 g/mol. The van der Waals surface area contributed by atoms with Crippen LogP contribution >= 0.6 is 15.0 Å². The van der Waals surface area contributed by atoms with Gasteiger partial charge in [0.15, 0.2) is 5.78 Å². The van der Waals surface area contributed by atoms with E-state index in [9.17, 15) is 19.0 Å². The van der Waals surface area contributed by atoms with Crippen molar-refractivity contribution >= 4 is 36.9 Å². The molecule has 0 spiro atoms. The Balaban J connectivity index is 1.77. The van der Waals surface area contributed by atoms with Gasteiger partial charge in [0.25, 0.3) is 5.52 Å². The molecule has 5 aromatic carbocycles. The van der Waals surface area contributed by atoms with E-state index in [4.69, 9.17) is 4.31 Å². The number of hydrogen-bond donors (Lipinski definition) is 1. The van der Waals surface area contributed by atoms with E-state index in [1.807, 2.05) is 77.1 Å². The van der Waals surface area contributed by atoms with Crippen molar-refractivity contribution in [1.29, 1.82) is 0 Å². The molecule has 0 bridgehead atoms. The van der Waals surface area contributed by atoms with Gasteiger partial charge in [0, 0.05) is 16.7 Å². The van der Waals surface area contributed by atoms with E-state index in [0.29, 0.717) is 39.8 Å². The number of aryl methyl sites for hydroxylation is 7. The van der Waals surface area contributed by atoms with Crippen molar-refractivity contribution in [1.82, 2.24) is 0 Å². The van der Waals surface area contributed by atoms with Gasteiger partial charge in [-0.25, -0.2) is 4.31 Å². The Labute approximate surface area is 282 Å². The summed E-state index contributed by atoms with van der Waals surface area (Å²) in [6, 6.07) is 27.7. The van der Waals surface area contributed by atoms with E-state index in [1.165, 1.54) is 12.1 Å². The molecule has 0 saturated heterocycles. The Hall–Kier alpha value is -4.18. The molecule has 6 nitrogen and oxygen atoms in total. The third-order valence-electron chi connectivity index (χ3n) is 8.64. The highest BCUT2D eigenvalue weighted by Gasteiger charge is 2.47. The van der Waals surface area contributed by atoms with Crippen molar-refractivity contribution in [3.63, 3.8) is 0 Å².